The summed E-state index contributed by atoms with van der Waals surface area (Å²) in [5.74, 6) is 0. The third-order valence-electron chi connectivity index (χ3n) is 6.42. The van der Waals surface area contributed by atoms with E-state index in [0.717, 1.165) is 67.4 Å². The van der Waals surface area contributed by atoms with Crippen molar-refractivity contribution in [2.24, 2.45) is 0 Å². The van der Waals surface area contributed by atoms with Crippen LogP contribution in [0, 0.1) is 0 Å². The quantitative estimate of drug-likeness (QED) is 0.268. The molecule has 0 atom stereocenters. The second-order valence-corrected chi connectivity index (χ2v) is 8.50. The standard InChI is InChI=1S/C31H23N5/c1-3-20-17-29-25(7-5-15-32-29)23(20)11-9-22-10-12-27-28(35-36-31(27)19-34-22)14-13-24-21(4-2)18-30-26(24)8-6-16-33-30/h3-19,32-33H,1-2H2/b11-9+,14-13+. The predicted octanol–water partition coefficient (Wildman–Crippen LogP) is 7.47. The molecule has 0 aromatic rings. The molecule has 0 amide bonds. The van der Waals surface area contributed by atoms with Crippen molar-refractivity contribution in [1.29, 1.82) is 0 Å². The van der Waals surface area contributed by atoms with Crippen LogP contribution in [-0.2, 0) is 0 Å². The van der Waals surface area contributed by atoms with Gasteiger partial charge in [-0.05, 0) is 70.8 Å². The Morgan fingerprint density at radius 1 is 0.667 bits per heavy atom. The highest BCUT2D eigenvalue weighted by molar-refractivity contribution is 5.90. The minimum absolute atomic E-state index is 0.749. The van der Waals surface area contributed by atoms with Crippen molar-refractivity contribution in [2.45, 2.75) is 0 Å². The van der Waals surface area contributed by atoms with E-state index in [1.807, 2.05) is 61.0 Å². The summed E-state index contributed by atoms with van der Waals surface area (Å²) >= 11 is 0. The molecule has 4 heterocycles. The molecule has 0 fully saturated rings. The molecule has 6 aliphatic rings. The first kappa shape index (κ1) is 21.5. The van der Waals surface area contributed by atoms with Gasteiger partial charge in [0.2, 0.25) is 0 Å². The summed E-state index contributed by atoms with van der Waals surface area (Å²) in [5.41, 5.74) is 12.2. The minimum Gasteiger partial charge on any atom is -0.361 e. The highest BCUT2D eigenvalue weighted by Crippen LogP contribution is 2.34. The van der Waals surface area contributed by atoms with Gasteiger partial charge < -0.3 is 9.97 Å². The van der Waals surface area contributed by atoms with E-state index in [4.69, 9.17) is 0 Å². The zero-order valence-corrected chi connectivity index (χ0v) is 19.6. The number of nitrogens with zero attached hydrogens (tertiary/aromatic N) is 3. The van der Waals surface area contributed by atoms with Crippen molar-refractivity contribution in [3.8, 4) is 33.8 Å². The first-order valence-electron chi connectivity index (χ1n) is 11.7. The zero-order chi connectivity index (χ0) is 24.5. The lowest BCUT2D eigenvalue weighted by Gasteiger charge is -2.00. The Bertz CT molecular complexity index is 1680. The van der Waals surface area contributed by atoms with Gasteiger partial charge in [-0.3, -0.25) is 4.98 Å². The van der Waals surface area contributed by atoms with Crippen LogP contribution in [0.15, 0.2) is 80.3 Å². The number of hydrogen-bond acceptors (Lipinski definition) is 3. The lowest BCUT2D eigenvalue weighted by atomic mass is 10.1. The minimum atomic E-state index is 0.749. The van der Waals surface area contributed by atoms with Crippen LogP contribution in [0.4, 0.5) is 0 Å². The molecule has 6 rings (SSSR count). The van der Waals surface area contributed by atoms with Crippen molar-refractivity contribution in [3.05, 3.63) is 114 Å². The Morgan fingerprint density at radius 3 is 1.94 bits per heavy atom. The molecule has 0 aromatic heterocycles. The van der Waals surface area contributed by atoms with Gasteiger partial charge in [-0.15, -0.1) is 10.2 Å². The van der Waals surface area contributed by atoms with Crippen LogP contribution in [0.1, 0.15) is 33.6 Å². The number of fused-ring (bicyclic) bond motifs is 3. The molecule has 36 heavy (non-hydrogen) atoms. The van der Waals surface area contributed by atoms with Crippen LogP contribution in [0.5, 0.6) is 0 Å². The van der Waals surface area contributed by atoms with Gasteiger partial charge in [-0.1, -0.05) is 49.6 Å². The Kier molecular flexibility index (Phi) is 5.35. The summed E-state index contributed by atoms with van der Waals surface area (Å²) in [7, 11) is 0. The number of hydrogen-bond donors (Lipinski definition) is 2. The Morgan fingerprint density at radius 2 is 1.31 bits per heavy atom. The van der Waals surface area contributed by atoms with Gasteiger partial charge in [0.25, 0.3) is 0 Å². The third-order valence-corrected chi connectivity index (χ3v) is 6.42. The van der Waals surface area contributed by atoms with E-state index in [9.17, 15) is 0 Å². The molecule has 2 aliphatic carbocycles. The summed E-state index contributed by atoms with van der Waals surface area (Å²) < 4.78 is 0. The first-order chi connectivity index (χ1) is 17.7. The van der Waals surface area contributed by atoms with Crippen molar-refractivity contribution in [1.82, 2.24) is 25.1 Å². The van der Waals surface area contributed by atoms with Gasteiger partial charge in [-0.25, -0.2) is 0 Å². The van der Waals surface area contributed by atoms with E-state index in [0.29, 0.717) is 0 Å². The summed E-state index contributed by atoms with van der Waals surface area (Å²) in [6, 6.07) is 16.4. The van der Waals surface area contributed by atoms with Crippen LogP contribution in [0.3, 0.4) is 0 Å². The number of aromatic nitrogens is 5. The van der Waals surface area contributed by atoms with Crippen LogP contribution in [0.2, 0.25) is 0 Å². The van der Waals surface area contributed by atoms with E-state index >= 15 is 0 Å². The lowest BCUT2D eigenvalue weighted by molar-refractivity contribution is 1.08. The molecule has 0 saturated carbocycles. The van der Waals surface area contributed by atoms with Crippen molar-refractivity contribution in [2.75, 3.05) is 0 Å². The average Bonchev–Trinajstić information content (AvgIpc) is 3.55. The maximum atomic E-state index is 4.63. The molecular weight excluding hydrogens is 442 g/mol. The predicted molar refractivity (Wildman–Crippen MR) is 149 cm³/mol. The molecule has 5 nitrogen and oxygen atoms in total. The molecule has 0 radical (unpaired) electrons. The molecule has 0 unspecified atom stereocenters. The van der Waals surface area contributed by atoms with Gasteiger partial charge in [0, 0.05) is 40.5 Å². The maximum Gasteiger partial charge on any atom is 0.113 e. The average molecular weight is 466 g/mol. The first-order valence-corrected chi connectivity index (χ1v) is 11.7. The monoisotopic (exact) mass is 465 g/mol. The van der Waals surface area contributed by atoms with Crippen LogP contribution in [-0.4, -0.2) is 25.1 Å². The third kappa shape index (κ3) is 3.73. The molecule has 0 spiro atoms. The summed E-state index contributed by atoms with van der Waals surface area (Å²) in [6.45, 7) is 7.93. The largest absolute Gasteiger partial charge is 0.361 e. The Hall–Kier alpha value is -5.03. The fourth-order valence-corrected chi connectivity index (χ4v) is 4.61. The number of aromatic amines is 2. The van der Waals surface area contributed by atoms with Crippen LogP contribution >= 0.6 is 0 Å². The molecule has 4 aliphatic heterocycles. The van der Waals surface area contributed by atoms with E-state index in [2.05, 4.69) is 74.7 Å². The van der Waals surface area contributed by atoms with Gasteiger partial charge in [0.1, 0.15) is 5.69 Å². The maximum absolute atomic E-state index is 4.63. The van der Waals surface area contributed by atoms with Crippen molar-refractivity contribution < 1.29 is 0 Å². The van der Waals surface area contributed by atoms with E-state index in [1.54, 1.807) is 6.20 Å². The Balaban J connectivity index is 1.33. The number of rotatable bonds is 6. The normalized spacial score (nSPS) is 11.9. The van der Waals surface area contributed by atoms with E-state index in [-0.39, 0.29) is 0 Å². The lowest BCUT2D eigenvalue weighted by Crippen LogP contribution is -1.81. The topological polar surface area (TPSA) is 70.2 Å². The molecule has 0 bridgehead atoms. The van der Waals surface area contributed by atoms with Crippen molar-refractivity contribution in [3.63, 3.8) is 0 Å². The number of H-pyrrole nitrogens is 2. The van der Waals surface area contributed by atoms with Gasteiger partial charge in [0.05, 0.1) is 17.6 Å². The zero-order valence-electron chi connectivity index (χ0n) is 19.6. The molecular formula is C31H23N5. The van der Waals surface area contributed by atoms with E-state index in [1.165, 1.54) is 0 Å². The van der Waals surface area contributed by atoms with E-state index < -0.39 is 0 Å². The highest BCUT2D eigenvalue weighted by atomic mass is 15.1. The number of pyridine rings is 2. The molecule has 0 saturated heterocycles. The number of nitrogens with one attached hydrogen (secondary N) is 2. The highest BCUT2D eigenvalue weighted by Gasteiger charge is 2.15. The Labute approximate surface area is 209 Å². The van der Waals surface area contributed by atoms with Gasteiger partial charge >= 0.3 is 0 Å². The smallest absolute Gasteiger partial charge is 0.113 e. The molecule has 0 aromatic carbocycles. The second kappa shape index (κ2) is 8.96. The van der Waals surface area contributed by atoms with Gasteiger partial charge in [-0.2, -0.15) is 0 Å². The molecule has 5 heteroatoms. The fourth-order valence-electron chi connectivity index (χ4n) is 4.61. The summed E-state index contributed by atoms with van der Waals surface area (Å²) in [4.78, 5) is 11.2. The summed E-state index contributed by atoms with van der Waals surface area (Å²) in [5, 5.41) is 8.74. The fraction of sp³-hybridized carbons (Fsp3) is 0. The summed E-state index contributed by atoms with van der Waals surface area (Å²) in [6.07, 6.45) is 17.5. The SMILES string of the molecule is C=Cc1cc2[nH]cccc-2c1/C=C/c1ccc2c(/C=C/c3c(C=C)cc4[nH]cccc3-4)nnc-2cn1. The van der Waals surface area contributed by atoms with Crippen molar-refractivity contribution >= 4 is 36.5 Å². The van der Waals surface area contributed by atoms with Crippen LogP contribution in [0.25, 0.3) is 70.2 Å². The molecule has 2 N–H and O–H groups in total. The van der Waals surface area contributed by atoms with Crippen LogP contribution < -0.4 is 0 Å². The molecule has 172 valence electrons. The van der Waals surface area contributed by atoms with Gasteiger partial charge in [0.15, 0.2) is 0 Å². The second-order valence-electron chi connectivity index (χ2n) is 8.50.